The largest absolute Gasteiger partial charge is 0.434 e. The van der Waals surface area contributed by atoms with Crippen LogP contribution in [0.3, 0.4) is 0 Å². The fourth-order valence-electron chi connectivity index (χ4n) is 1.31. The molecule has 0 aliphatic carbocycles. The molecule has 0 spiro atoms. The van der Waals surface area contributed by atoms with E-state index >= 15 is 0 Å². The molecule has 3 nitrogen and oxygen atoms in total. The number of hydrogen-bond acceptors (Lipinski definition) is 3. The Bertz CT molecular complexity index is 392. The van der Waals surface area contributed by atoms with E-state index in [0.717, 1.165) is 0 Å². The van der Waals surface area contributed by atoms with Gasteiger partial charge in [-0.3, -0.25) is 9.59 Å². The average Bonchev–Trinajstić information content (AvgIpc) is 2.65. The van der Waals surface area contributed by atoms with Crippen molar-refractivity contribution in [3.8, 4) is 0 Å². The lowest BCUT2D eigenvalue weighted by Gasteiger charge is -2.03. The van der Waals surface area contributed by atoms with Gasteiger partial charge in [-0.2, -0.15) is 0 Å². The van der Waals surface area contributed by atoms with Crippen LogP contribution in [-0.2, 0) is 9.53 Å². The van der Waals surface area contributed by atoms with E-state index in [-0.39, 0.29) is 5.78 Å². The van der Waals surface area contributed by atoms with Crippen molar-refractivity contribution in [2.45, 2.75) is 0 Å². The predicted molar refractivity (Wildman–Crippen MR) is 49.5 cm³/mol. The summed E-state index contributed by atoms with van der Waals surface area (Å²) < 4.78 is 4.57. The molecular weight excluding hydrogens is 180 g/mol. The van der Waals surface area contributed by atoms with Crippen molar-refractivity contribution >= 4 is 11.8 Å². The zero-order chi connectivity index (χ0) is 9.97. The molecule has 0 bridgehead atoms. The molecule has 0 radical (unpaired) electrons. The molecule has 0 aromatic heterocycles. The highest BCUT2D eigenvalue weighted by Gasteiger charge is 2.29. The topological polar surface area (TPSA) is 43.4 Å². The highest BCUT2D eigenvalue weighted by Crippen LogP contribution is 2.16. The zero-order valence-electron chi connectivity index (χ0n) is 7.34. The van der Waals surface area contributed by atoms with Crippen molar-refractivity contribution in [2.24, 2.45) is 5.92 Å². The molecule has 0 fully saturated rings. The highest BCUT2D eigenvalue weighted by atomic mass is 16.5. The summed E-state index contributed by atoms with van der Waals surface area (Å²) in [7, 11) is 0. The van der Waals surface area contributed by atoms with Gasteiger partial charge in [0.25, 0.3) is 0 Å². The van der Waals surface area contributed by atoms with Crippen LogP contribution in [0, 0.1) is 5.92 Å². The minimum Gasteiger partial charge on any atom is -0.434 e. The number of rotatable bonds is 2. The van der Waals surface area contributed by atoms with Gasteiger partial charge < -0.3 is 4.74 Å². The van der Waals surface area contributed by atoms with Crippen LogP contribution in [-0.4, -0.2) is 11.8 Å². The number of esters is 1. The maximum atomic E-state index is 11.7. The molecule has 14 heavy (non-hydrogen) atoms. The molecule has 0 amide bonds. The van der Waals surface area contributed by atoms with Gasteiger partial charge in [0.2, 0.25) is 0 Å². The van der Waals surface area contributed by atoms with Crippen LogP contribution in [0.1, 0.15) is 10.4 Å². The fourth-order valence-corrected chi connectivity index (χ4v) is 1.31. The van der Waals surface area contributed by atoms with Crippen LogP contribution >= 0.6 is 0 Å². The highest BCUT2D eigenvalue weighted by molar-refractivity contribution is 6.10. The van der Waals surface area contributed by atoms with Crippen molar-refractivity contribution in [1.29, 1.82) is 0 Å². The maximum Gasteiger partial charge on any atom is 0.325 e. The van der Waals surface area contributed by atoms with E-state index in [1.807, 2.05) is 6.07 Å². The summed E-state index contributed by atoms with van der Waals surface area (Å²) in [6.07, 6.45) is 2.73. The maximum absolute atomic E-state index is 11.7. The normalized spacial score (nSPS) is 19.4. The molecule has 1 aliphatic heterocycles. The first-order valence-corrected chi connectivity index (χ1v) is 4.25. The van der Waals surface area contributed by atoms with Gasteiger partial charge in [-0.1, -0.05) is 30.3 Å². The van der Waals surface area contributed by atoms with Crippen LogP contribution in [0.4, 0.5) is 0 Å². The van der Waals surface area contributed by atoms with E-state index in [1.54, 1.807) is 24.3 Å². The third kappa shape index (κ3) is 1.44. The number of carbonyl (C=O) groups is 2. The van der Waals surface area contributed by atoms with Crippen LogP contribution in [0.15, 0.2) is 42.7 Å². The number of ether oxygens (including phenoxy) is 1. The van der Waals surface area contributed by atoms with Crippen molar-refractivity contribution in [1.82, 2.24) is 0 Å². The Kier molecular flexibility index (Phi) is 2.14. The van der Waals surface area contributed by atoms with Crippen molar-refractivity contribution in [3.63, 3.8) is 0 Å². The number of Topliss-reactive ketones (excluding diaryl/α,β-unsaturated/α-hetero) is 1. The first-order valence-electron chi connectivity index (χ1n) is 4.25. The molecule has 70 valence electrons. The molecule has 2 rings (SSSR count). The first kappa shape index (κ1) is 8.69. The van der Waals surface area contributed by atoms with Gasteiger partial charge in [0.1, 0.15) is 5.92 Å². The summed E-state index contributed by atoms with van der Waals surface area (Å²) in [6.45, 7) is 0. The summed E-state index contributed by atoms with van der Waals surface area (Å²) >= 11 is 0. The van der Waals surface area contributed by atoms with Gasteiger partial charge in [0, 0.05) is 5.56 Å². The minimum absolute atomic E-state index is 0.218. The SMILES string of the molecule is O=C1OC=CC1C(=O)c1ccccc1. The van der Waals surface area contributed by atoms with E-state index in [2.05, 4.69) is 4.74 Å². The second kappa shape index (κ2) is 3.46. The molecule has 1 heterocycles. The van der Waals surface area contributed by atoms with E-state index in [9.17, 15) is 9.59 Å². The second-order valence-electron chi connectivity index (χ2n) is 2.97. The molecular formula is C11H8O3. The summed E-state index contributed by atoms with van der Waals surface area (Å²) in [5, 5.41) is 0. The van der Waals surface area contributed by atoms with Gasteiger partial charge in [0.05, 0.1) is 6.26 Å². The van der Waals surface area contributed by atoms with E-state index < -0.39 is 11.9 Å². The third-order valence-electron chi connectivity index (χ3n) is 2.05. The van der Waals surface area contributed by atoms with Crippen LogP contribution < -0.4 is 0 Å². The van der Waals surface area contributed by atoms with Gasteiger partial charge in [-0.05, 0) is 6.08 Å². The zero-order valence-corrected chi connectivity index (χ0v) is 7.34. The molecule has 0 N–H and O–H groups in total. The van der Waals surface area contributed by atoms with Crippen LogP contribution in [0.5, 0.6) is 0 Å². The van der Waals surface area contributed by atoms with Crippen molar-refractivity contribution in [3.05, 3.63) is 48.2 Å². The Morgan fingerprint density at radius 1 is 1.21 bits per heavy atom. The second-order valence-corrected chi connectivity index (χ2v) is 2.97. The molecule has 1 aromatic carbocycles. The van der Waals surface area contributed by atoms with E-state index in [0.29, 0.717) is 5.56 Å². The standard InChI is InChI=1S/C11H8O3/c12-10(8-4-2-1-3-5-8)9-6-7-14-11(9)13/h1-7,9H. The van der Waals surface area contributed by atoms with E-state index in [4.69, 9.17) is 0 Å². The number of benzene rings is 1. The van der Waals surface area contributed by atoms with Crippen molar-refractivity contribution in [2.75, 3.05) is 0 Å². The molecule has 1 aromatic rings. The molecule has 3 heteroatoms. The lowest BCUT2D eigenvalue weighted by molar-refractivity contribution is -0.137. The van der Waals surface area contributed by atoms with Crippen LogP contribution in [0.2, 0.25) is 0 Å². The van der Waals surface area contributed by atoms with Gasteiger partial charge in [0.15, 0.2) is 5.78 Å². The quantitative estimate of drug-likeness (QED) is 0.402. The Hall–Kier alpha value is -1.90. The summed E-state index contributed by atoms with van der Waals surface area (Å²) in [4.78, 5) is 22.8. The van der Waals surface area contributed by atoms with Gasteiger partial charge in [-0.15, -0.1) is 0 Å². The lowest BCUT2D eigenvalue weighted by atomic mass is 9.99. The summed E-state index contributed by atoms with van der Waals surface area (Å²) in [6, 6.07) is 8.71. The lowest BCUT2D eigenvalue weighted by Crippen LogP contribution is -2.19. The number of ketones is 1. The van der Waals surface area contributed by atoms with Gasteiger partial charge in [-0.25, -0.2) is 0 Å². The molecule has 0 saturated heterocycles. The molecule has 1 aliphatic rings. The number of cyclic esters (lactones) is 1. The summed E-state index contributed by atoms with van der Waals surface area (Å²) in [5.74, 6) is -1.49. The molecule has 0 saturated carbocycles. The average molecular weight is 188 g/mol. The van der Waals surface area contributed by atoms with E-state index in [1.165, 1.54) is 12.3 Å². The van der Waals surface area contributed by atoms with Crippen molar-refractivity contribution < 1.29 is 14.3 Å². The number of hydrogen-bond donors (Lipinski definition) is 0. The monoisotopic (exact) mass is 188 g/mol. The van der Waals surface area contributed by atoms with Gasteiger partial charge >= 0.3 is 5.97 Å². The first-order chi connectivity index (χ1) is 6.79. The molecule has 1 unspecified atom stereocenters. The Balaban J connectivity index is 2.25. The fraction of sp³-hybridized carbons (Fsp3) is 0.0909. The smallest absolute Gasteiger partial charge is 0.325 e. The minimum atomic E-state index is -0.766. The number of carbonyl (C=O) groups excluding carboxylic acids is 2. The Morgan fingerprint density at radius 3 is 2.50 bits per heavy atom. The molecule has 1 atom stereocenters. The Labute approximate surface area is 81.0 Å². The Morgan fingerprint density at radius 2 is 1.93 bits per heavy atom. The van der Waals surface area contributed by atoms with Crippen LogP contribution in [0.25, 0.3) is 0 Å². The summed E-state index contributed by atoms with van der Waals surface area (Å²) in [5.41, 5.74) is 0.529. The third-order valence-corrected chi connectivity index (χ3v) is 2.05. The predicted octanol–water partition coefficient (Wildman–Crippen LogP) is 1.56.